The van der Waals surface area contributed by atoms with E-state index in [1.165, 1.54) is 77.6 Å². The lowest BCUT2D eigenvalue weighted by molar-refractivity contribution is 0.657. The number of hydrogen-bond acceptors (Lipinski definition) is 2. The number of rotatable bonds is 5. The van der Waals surface area contributed by atoms with Crippen molar-refractivity contribution in [3.8, 4) is 22.3 Å². The standard InChI is InChI=1S/C49H39NO/c1-49(2)40-24-15-26-42(45(40)46-47(49)38-22-10-9-21-37(38)44-39-23-12-14-27-43(39)51-48(44)46)50(35-30-28-33(29-31-35)32-16-5-3-6-17-32)41-25-13-11-20-36(41)34-18-7-4-8-19-34/h3-12,14-18,20-24,26-31,34H,13,19,25H2,1-2H3. The van der Waals surface area contributed by atoms with Crippen molar-refractivity contribution >= 4 is 44.1 Å². The highest BCUT2D eigenvalue weighted by molar-refractivity contribution is 6.25. The third-order valence-corrected chi connectivity index (χ3v) is 11.4. The molecule has 1 unspecified atom stereocenters. The SMILES string of the molecule is CC1(C)c2cccc(N(C3=C(C4C=CC=CC4)C=CCC3)c3ccc(-c4ccccc4)cc3)c2-c2c1c1ccccc1c1c2oc2ccccc21. The summed E-state index contributed by atoms with van der Waals surface area (Å²) in [5.41, 5.74) is 14.5. The second-order valence-corrected chi connectivity index (χ2v) is 14.7. The van der Waals surface area contributed by atoms with Gasteiger partial charge in [-0.25, -0.2) is 0 Å². The van der Waals surface area contributed by atoms with Crippen molar-refractivity contribution in [3.05, 3.63) is 180 Å². The fourth-order valence-corrected chi connectivity index (χ4v) is 9.12. The molecule has 51 heavy (non-hydrogen) atoms. The van der Waals surface area contributed by atoms with Crippen molar-refractivity contribution in [2.75, 3.05) is 4.90 Å². The molecule has 0 amide bonds. The third-order valence-electron chi connectivity index (χ3n) is 11.4. The molecule has 246 valence electrons. The zero-order valence-electron chi connectivity index (χ0n) is 29.1. The van der Waals surface area contributed by atoms with Gasteiger partial charge in [0.15, 0.2) is 0 Å². The maximum atomic E-state index is 6.96. The number of anilines is 2. The fourth-order valence-electron chi connectivity index (χ4n) is 9.12. The molecule has 1 atom stereocenters. The molecule has 0 radical (unpaired) electrons. The summed E-state index contributed by atoms with van der Waals surface area (Å²) in [6.45, 7) is 4.79. The number of nitrogens with zero attached hydrogens (tertiary/aromatic N) is 1. The molecular formula is C49H39NO. The molecular weight excluding hydrogens is 619 g/mol. The lowest BCUT2D eigenvalue weighted by atomic mass is 9.79. The van der Waals surface area contributed by atoms with E-state index in [1.807, 2.05) is 0 Å². The van der Waals surface area contributed by atoms with E-state index < -0.39 is 0 Å². The normalized spacial score (nSPS) is 17.4. The molecule has 0 bridgehead atoms. The topological polar surface area (TPSA) is 16.4 Å². The molecule has 1 heterocycles. The fraction of sp³-hybridized carbons (Fsp3) is 0.143. The van der Waals surface area contributed by atoms with E-state index in [-0.39, 0.29) is 5.41 Å². The minimum Gasteiger partial charge on any atom is -0.455 e. The molecule has 1 aromatic heterocycles. The smallest absolute Gasteiger partial charge is 0.144 e. The van der Waals surface area contributed by atoms with E-state index in [0.29, 0.717) is 5.92 Å². The highest BCUT2D eigenvalue weighted by Gasteiger charge is 2.42. The summed E-state index contributed by atoms with van der Waals surface area (Å²) in [6.07, 6.45) is 16.8. The van der Waals surface area contributed by atoms with Crippen LogP contribution in [0.15, 0.2) is 173 Å². The first-order valence-corrected chi connectivity index (χ1v) is 18.3. The van der Waals surface area contributed by atoms with Gasteiger partial charge < -0.3 is 9.32 Å². The number of fused-ring (bicyclic) bond motifs is 10. The first-order valence-electron chi connectivity index (χ1n) is 18.3. The van der Waals surface area contributed by atoms with E-state index >= 15 is 0 Å². The lowest BCUT2D eigenvalue weighted by Gasteiger charge is -2.35. The van der Waals surface area contributed by atoms with E-state index in [4.69, 9.17) is 4.42 Å². The molecule has 6 aromatic carbocycles. The number of para-hydroxylation sites is 1. The highest BCUT2D eigenvalue weighted by Crippen LogP contribution is 2.59. The van der Waals surface area contributed by atoms with Gasteiger partial charge >= 0.3 is 0 Å². The van der Waals surface area contributed by atoms with Gasteiger partial charge in [-0.2, -0.15) is 0 Å². The summed E-state index contributed by atoms with van der Waals surface area (Å²) in [6, 6.07) is 44.3. The van der Waals surface area contributed by atoms with Gasteiger partial charge in [0.25, 0.3) is 0 Å². The van der Waals surface area contributed by atoms with Crippen LogP contribution in [0.3, 0.4) is 0 Å². The zero-order chi connectivity index (χ0) is 34.1. The minimum absolute atomic E-state index is 0.239. The molecule has 0 spiro atoms. The van der Waals surface area contributed by atoms with E-state index in [0.717, 1.165) is 30.4 Å². The van der Waals surface area contributed by atoms with Gasteiger partial charge in [0.1, 0.15) is 11.2 Å². The van der Waals surface area contributed by atoms with Crippen molar-refractivity contribution in [1.82, 2.24) is 0 Å². The van der Waals surface area contributed by atoms with Crippen molar-refractivity contribution in [3.63, 3.8) is 0 Å². The maximum absolute atomic E-state index is 6.96. The van der Waals surface area contributed by atoms with E-state index in [1.54, 1.807) is 0 Å². The maximum Gasteiger partial charge on any atom is 0.144 e. The number of hydrogen-bond donors (Lipinski definition) is 0. The van der Waals surface area contributed by atoms with Gasteiger partial charge in [-0.1, -0.05) is 147 Å². The van der Waals surface area contributed by atoms with Crippen LogP contribution in [0, 0.1) is 5.92 Å². The lowest BCUT2D eigenvalue weighted by Crippen LogP contribution is -2.23. The molecule has 7 aromatic rings. The summed E-state index contributed by atoms with van der Waals surface area (Å²) >= 11 is 0. The molecule has 10 rings (SSSR count). The Labute approximate surface area is 299 Å². The Kier molecular flexibility index (Phi) is 6.83. The van der Waals surface area contributed by atoms with Crippen LogP contribution in [0.4, 0.5) is 11.4 Å². The predicted molar refractivity (Wildman–Crippen MR) is 215 cm³/mol. The number of allylic oxidation sites excluding steroid dienone is 8. The van der Waals surface area contributed by atoms with Crippen LogP contribution in [0.2, 0.25) is 0 Å². The molecule has 3 aliphatic carbocycles. The van der Waals surface area contributed by atoms with Crippen molar-refractivity contribution < 1.29 is 4.42 Å². The first kappa shape index (κ1) is 30.0. The average molecular weight is 658 g/mol. The largest absolute Gasteiger partial charge is 0.455 e. The zero-order valence-corrected chi connectivity index (χ0v) is 29.1. The van der Waals surface area contributed by atoms with Crippen LogP contribution >= 0.6 is 0 Å². The highest BCUT2D eigenvalue weighted by atomic mass is 16.3. The molecule has 0 N–H and O–H groups in total. The second-order valence-electron chi connectivity index (χ2n) is 14.7. The Bertz CT molecular complexity index is 2630. The van der Waals surface area contributed by atoms with E-state index in [2.05, 4.69) is 177 Å². The van der Waals surface area contributed by atoms with Gasteiger partial charge in [0, 0.05) is 44.6 Å². The third kappa shape index (κ3) is 4.56. The Morgan fingerprint density at radius 2 is 1.41 bits per heavy atom. The summed E-state index contributed by atoms with van der Waals surface area (Å²) in [7, 11) is 0. The monoisotopic (exact) mass is 657 g/mol. The van der Waals surface area contributed by atoms with Crippen LogP contribution in [0.25, 0.3) is 55.0 Å². The van der Waals surface area contributed by atoms with Crippen LogP contribution in [-0.4, -0.2) is 0 Å². The number of benzene rings is 6. The minimum atomic E-state index is -0.239. The molecule has 0 saturated heterocycles. The van der Waals surface area contributed by atoms with Crippen molar-refractivity contribution in [2.24, 2.45) is 5.92 Å². The van der Waals surface area contributed by atoms with Crippen molar-refractivity contribution in [2.45, 2.75) is 38.5 Å². The number of furan rings is 1. The molecule has 2 heteroatoms. The summed E-state index contributed by atoms with van der Waals surface area (Å²) in [5, 5.41) is 4.93. The predicted octanol–water partition coefficient (Wildman–Crippen LogP) is 13.6. The average Bonchev–Trinajstić information content (AvgIpc) is 3.69. The molecule has 2 nitrogen and oxygen atoms in total. The quantitative estimate of drug-likeness (QED) is 0.183. The van der Waals surface area contributed by atoms with Gasteiger partial charge in [0.05, 0.1) is 5.69 Å². The second kappa shape index (κ2) is 11.6. The Hall–Kier alpha value is -5.86. The van der Waals surface area contributed by atoms with Crippen LogP contribution < -0.4 is 4.90 Å². The molecule has 3 aliphatic rings. The van der Waals surface area contributed by atoms with Crippen LogP contribution in [-0.2, 0) is 5.41 Å². The Morgan fingerprint density at radius 3 is 2.22 bits per heavy atom. The van der Waals surface area contributed by atoms with Crippen LogP contribution in [0.1, 0.15) is 44.2 Å². The first-order chi connectivity index (χ1) is 25.1. The van der Waals surface area contributed by atoms with Crippen LogP contribution in [0.5, 0.6) is 0 Å². The summed E-state index contributed by atoms with van der Waals surface area (Å²) in [4.78, 5) is 2.59. The summed E-state index contributed by atoms with van der Waals surface area (Å²) in [5.74, 6) is 0.333. The van der Waals surface area contributed by atoms with Gasteiger partial charge in [-0.15, -0.1) is 0 Å². The Balaban J connectivity index is 1.29. The van der Waals surface area contributed by atoms with Gasteiger partial charge in [-0.05, 0) is 82.1 Å². The molecule has 0 fully saturated rings. The Morgan fingerprint density at radius 1 is 0.667 bits per heavy atom. The molecule has 0 saturated carbocycles. The van der Waals surface area contributed by atoms with Gasteiger partial charge in [-0.3, -0.25) is 0 Å². The van der Waals surface area contributed by atoms with Gasteiger partial charge in [0.2, 0.25) is 0 Å². The summed E-state index contributed by atoms with van der Waals surface area (Å²) < 4.78 is 6.96. The van der Waals surface area contributed by atoms with Crippen molar-refractivity contribution in [1.29, 1.82) is 0 Å². The molecule has 0 aliphatic heterocycles. The van der Waals surface area contributed by atoms with E-state index in [9.17, 15) is 0 Å².